The Kier molecular flexibility index (Phi) is 5.67. The minimum absolute atomic E-state index is 0.0379. The molecule has 6 heteroatoms. The van der Waals surface area contributed by atoms with Gasteiger partial charge in [-0.2, -0.15) is 0 Å². The summed E-state index contributed by atoms with van der Waals surface area (Å²) in [6.45, 7) is 0. The lowest BCUT2D eigenvalue weighted by Crippen LogP contribution is -2.32. The third-order valence-corrected chi connectivity index (χ3v) is 5.96. The molecule has 0 fully saturated rings. The molecule has 1 aromatic heterocycles. The lowest BCUT2D eigenvalue weighted by molar-refractivity contribution is -0.119. The first-order chi connectivity index (χ1) is 13.7. The molecule has 1 aliphatic rings. The smallest absolute Gasteiger partial charge is 0.230 e. The molecule has 0 aliphatic heterocycles. The number of aromatic nitrogens is 2. The average Bonchev–Trinajstić information content (AvgIpc) is 3.21. The fraction of sp³-hybridized carbons (Fsp3) is 0.273. The van der Waals surface area contributed by atoms with Gasteiger partial charge in [-0.25, -0.2) is 4.98 Å². The minimum Gasteiger partial charge on any atom is -0.497 e. The molecule has 2 aromatic carbocycles. The number of nitrogens with zero attached hydrogens (tertiary/aromatic N) is 2. The molecule has 5 nitrogen and oxygen atoms in total. The van der Waals surface area contributed by atoms with Crippen LogP contribution in [-0.2, 0) is 11.2 Å². The topological polar surface area (TPSA) is 56.2 Å². The van der Waals surface area contributed by atoms with Crippen LogP contribution in [0.15, 0.2) is 66.1 Å². The Hall–Kier alpha value is -2.73. The van der Waals surface area contributed by atoms with Crippen LogP contribution in [0.3, 0.4) is 0 Å². The molecule has 0 spiro atoms. The predicted molar refractivity (Wildman–Crippen MR) is 111 cm³/mol. The molecule has 1 amide bonds. The molecule has 4 rings (SSSR count). The largest absolute Gasteiger partial charge is 0.497 e. The van der Waals surface area contributed by atoms with Crippen LogP contribution >= 0.6 is 11.8 Å². The number of amides is 1. The lowest BCUT2D eigenvalue weighted by atomic mass is 9.88. The standard InChI is InChI=1S/C22H23N3O2S/c1-27-18-11-9-17(10-12-18)25-14-13-23-22(25)28-15-21(26)24-20-8-4-6-16-5-2-3-7-19(16)20/h2-3,5,7,9-14,20H,4,6,8,15H2,1H3,(H,24,26)/t20-/m1/s1. The van der Waals surface area contributed by atoms with Crippen LogP contribution in [0.5, 0.6) is 5.75 Å². The number of benzene rings is 2. The molecular weight excluding hydrogens is 370 g/mol. The van der Waals surface area contributed by atoms with Crippen LogP contribution in [0.4, 0.5) is 0 Å². The highest BCUT2D eigenvalue weighted by Crippen LogP contribution is 2.29. The number of hydrogen-bond donors (Lipinski definition) is 1. The van der Waals surface area contributed by atoms with E-state index in [0.717, 1.165) is 35.9 Å². The van der Waals surface area contributed by atoms with Crippen molar-refractivity contribution in [2.75, 3.05) is 12.9 Å². The van der Waals surface area contributed by atoms with E-state index in [0.29, 0.717) is 5.75 Å². The third kappa shape index (κ3) is 4.07. The van der Waals surface area contributed by atoms with Crippen molar-refractivity contribution in [3.05, 3.63) is 72.1 Å². The van der Waals surface area contributed by atoms with E-state index in [2.05, 4.69) is 28.5 Å². The van der Waals surface area contributed by atoms with Crippen LogP contribution in [0.25, 0.3) is 5.69 Å². The maximum absolute atomic E-state index is 12.6. The van der Waals surface area contributed by atoms with E-state index in [1.165, 1.54) is 22.9 Å². The first-order valence-corrected chi connectivity index (χ1v) is 10.4. The molecule has 0 bridgehead atoms. The van der Waals surface area contributed by atoms with Gasteiger partial charge in [0.15, 0.2) is 5.16 Å². The van der Waals surface area contributed by atoms with Crippen molar-refractivity contribution in [3.8, 4) is 11.4 Å². The van der Waals surface area contributed by atoms with E-state index in [-0.39, 0.29) is 11.9 Å². The molecular formula is C22H23N3O2S. The second kappa shape index (κ2) is 8.52. The number of carbonyl (C=O) groups excluding carboxylic acids is 1. The monoisotopic (exact) mass is 393 g/mol. The van der Waals surface area contributed by atoms with E-state index in [1.807, 2.05) is 41.1 Å². The van der Waals surface area contributed by atoms with Crippen molar-refractivity contribution in [1.82, 2.24) is 14.9 Å². The molecule has 1 heterocycles. The second-order valence-electron chi connectivity index (χ2n) is 6.78. The summed E-state index contributed by atoms with van der Waals surface area (Å²) >= 11 is 1.45. The van der Waals surface area contributed by atoms with Gasteiger partial charge in [-0.3, -0.25) is 9.36 Å². The number of methoxy groups -OCH3 is 1. The Morgan fingerprint density at radius 1 is 1.25 bits per heavy atom. The number of nitrogens with one attached hydrogen (secondary N) is 1. The van der Waals surface area contributed by atoms with E-state index in [4.69, 9.17) is 4.74 Å². The van der Waals surface area contributed by atoms with E-state index in [9.17, 15) is 4.79 Å². The van der Waals surface area contributed by atoms with Gasteiger partial charge >= 0.3 is 0 Å². The van der Waals surface area contributed by atoms with Gasteiger partial charge in [0, 0.05) is 18.1 Å². The molecule has 1 atom stereocenters. The van der Waals surface area contributed by atoms with Crippen LogP contribution < -0.4 is 10.1 Å². The molecule has 3 aromatic rings. The Morgan fingerprint density at radius 2 is 2.07 bits per heavy atom. The van der Waals surface area contributed by atoms with E-state index >= 15 is 0 Å². The van der Waals surface area contributed by atoms with Gasteiger partial charge in [0.1, 0.15) is 5.75 Å². The van der Waals surface area contributed by atoms with Gasteiger partial charge in [-0.1, -0.05) is 36.0 Å². The Bertz CT molecular complexity index is 952. The normalized spacial score (nSPS) is 15.7. The Labute approximate surface area is 169 Å². The van der Waals surface area contributed by atoms with Crippen LogP contribution in [0.1, 0.15) is 30.0 Å². The van der Waals surface area contributed by atoms with Gasteiger partial charge in [-0.15, -0.1) is 0 Å². The quantitative estimate of drug-likeness (QED) is 0.639. The van der Waals surface area contributed by atoms with Crippen LogP contribution in [0, 0.1) is 0 Å². The van der Waals surface area contributed by atoms with Crippen molar-refractivity contribution >= 4 is 17.7 Å². The van der Waals surface area contributed by atoms with Crippen molar-refractivity contribution in [2.45, 2.75) is 30.5 Å². The van der Waals surface area contributed by atoms with Gasteiger partial charge in [-0.05, 0) is 54.7 Å². The number of fused-ring (bicyclic) bond motifs is 1. The van der Waals surface area contributed by atoms with Crippen LogP contribution in [0.2, 0.25) is 0 Å². The molecule has 0 saturated heterocycles. The minimum atomic E-state index is 0.0379. The van der Waals surface area contributed by atoms with Crippen LogP contribution in [-0.4, -0.2) is 28.3 Å². The predicted octanol–water partition coefficient (Wildman–Crippen LogP) is 4.17. The summed E-state index contributed by atoms with van der Waals surface area (Å²) in [6, 6.07) is 16.3. The second-order valence-corrected chi connectivity index (χ2v) is 7.72. The summed E-state index contributed by atoms with van der Waals surface area (Å²) in [5.41, 5.74) is 3.59. The van der Waals surface area contributed by atoms with Gasteiger partial charge in [0.05, 0.1) is 18.9 Å². The first kappa shape index (κ1) is 18.6. The van der Waals surface area contributed by atoms with Gasteiger partial charge in [0.25, 0.3) is 0 Å². The number of hydrogen-bond acceptors (Lipinski definition) is 4. The van der Waals surface area contributed by atoms with Crippen molar-refractivity contribution < 1.29 is 9.53 Å². The number of ether oxygens (including phenoxy) is 1. The van der Waals surface area contributed by atoms with Crippen molar-refractivity contribution in [1.29, 1.82) is 0 Å². The summed E-state index contributed by atoms with van der Waals surface area (Å²) in [5.74, 6) is 1.19. The zero-order valence-corrected chi connectivity index (χ0v) is 16.6. The molecule has 1 aliphatic carbocycles. The Morgan fingerprint density at radius 3 is 2.89 bits per heavy atom. The highest BCUT2D eigenvalue weighted by molar-refractivity contribution is 7.99. The summed E-state index contributed by atoms with van der Waals surface area (Å²) in [7, 11) is 1.65. The molecule has 28 heavy (non-hydrogen) atoms. The Balaban J connectivity index is 1.39. The SMILES string of the molecule is COc1ccc(-n2ccnc2SCC(=O)N[C@@H]2CCCc3ccccc32)cc1. The van der Waals surface area contributed by atoms with E-state index < -0.39 is 0 Å². The van der Waals surface area contributed by atoms with E-state index in [1.54, 1.807) is 13.3 Å². The molecule has 1 N–H and O–H groups in total. The highest BCUT2D eigenvalue weighted by atomic mass is 32.2. The summed E-state index contributed by atoms with van der Waals surface area (Å²) in [6.07, 6.45) is 6.85. The number of carbonyl (C=O) groups is 1. The number of aryl methyl sites for hydroxylation is 1. The van der Waals surface area contributed by atoms with Gasteiger partial charge < -0.3 is 10.1 Å². The van der Waals surface area contributed by atoms with Crippen molar-refractivity contribution in [3.63, 3.8) is 0 Å². The first-order valence-electron chi connectivity index (χ1n) is 9.42. The highest BCUT2D eigenvalue weighted by Gasteiger charge is 2.21. The fourth-order valence-corrected chi connectivity index (χ4v) is 4.39. The molecule has 144 valence electrons. The van der Waals surface area contributed by atoms with Gasteiger partial charge in [0.2, 0.25) is 5.91 Å². The number of rotatable bonds is 6. The maximum Gasteiger partial charge on any atom is 0.230 e. The molecule has 0 unspecified atom stereocenters. The summed E-state index contributed by atoms with van der Waals surface area (Å²) in [4.78, 5) is 17.0. The summed E-state index contributed by atoms with van der Waals surface area (Å²) < 4.78 is 7.19. The molecule has 0 radical (unpaired) electrons. The number of thioether (sulfide) groups is 1. The zero-order valence-electron chi connectivity index (χ0n) is 15.8. The van der Waals surface area contributed by atoms with Crippen molar-refractivity contribution in [2.24, 2.45) is 0 Å². The molecule has 0 saturated carbocycles. The third-order valence-electron chi connectivity index (χ3n) is 4.99. The fourth-order valence-electron chi connectivity index (χ4n) is 3.61. The average molecular weight is 394 g/mol. The lowest BCUT2D eigenvalue weighted by Gasteiger charge is -2.26. The zero-order chi connectivity index (χ0) is 19.3. The maximum atomic E-state index is 12.6. The number of imidazole rings is 1. The summed E-state index contributed by atoms with van der Waals surface area (Å²) in [5, 5.41) is 3.99.